The van der Waals surface area contributed by atoms with Crippen molar-refractivity contribution in [2.75, 3.05) is 24.3 Å². The van der Waals surface area contributed by atoms with Gasteiger partial charge in [0, 0.05) is 11.8 Å². The second-order valence-corrected chi connectivity index (χ2v) is 5.29. The van der Waals surface area contributed by atoms with Crippen LogP contribution in [0.15, 0.2) is 36.4 Å². The van der Waals surface area contributed by atoms with Crippen molar-refractivity contribution in [3.05, 3.63) is 57.6 Å². The number of methoxy groups -OCH3 is 1. The zero-order valence-electron chi connectivity index (χ0n) is 13.8. The molecule has 0 aromatic heterocycles. The molecule has 0 aliphatic rings. The summed E-state index contributed by atoms with van der Waals surface area (Å²) < 4.78 is 5.10. The highest BCUT2D eigenvalue weighted by Gasteiger charge is 2.13. The molecule has 7 nitrogen and oxygen atoms in total. The molecule has 1 amide bonds. The lowest BCUT2D eigenvalue weighted by Gasteiger charge is -2.13. The van der Waals surface area contributed by atoms with Crippen LogP contribution in [-0.4, -0.2) is 24.5 Å². The summed E-state index contributed by atoms with van der Waals surface area (Å²) in [6.07, 6.45) is 0. The topological polar surface area (TPSA) is 93.5 Å². The molecule has 2 aromatic carbocycles. The Balaban J connectivity index is 2.04. The van der Waals surface area contributed by atoms with Gasteiger partial charge >= 0.3 is 0 Å². The van der Waals surface area contributed by atoms with Gasteiger partial charge in [0.15, 0.2) is 0 Å². The van der Waals surface area contributed by atoms with E-state index in [1.165, 1.54) is 25.3 Å². The third-order valence-electron chi connectivity index (χ3n) is 3.71. The van der Waals surface area contributed by atoms with Crippen LogP contribution in [0.5, 0.6) is 5.75 Å². The van der Waals surface area contributed by atoms with Crippen LogP contribution in [0, 0.1) is 24.0 Å². The maximum atomic E-state index is 12.1. The summed E-state index contributed by atoms with van der Waals surface area (Å²) in [7, 11) is 1.39. The first-order valence-electron chi connectivity index (χ1n) is 7.34. The molecule has 0 heterocycles. The minimum Gasteiger partial charge on any atom is -0.494 e. The van der Waals surface area contributed by atoms with E-state index in [9.17, 15) is 14.9 Å². The van der Waals surface area contributed by atoms with Crippen LogP contribution < -0.4 is 15.4 Å². The van der Waals surface area contributed by atoms with Crippen molar-refractivity contribution in [1.29, 1.82) is 0 Å². The number of amides is 1. The van der Waals surface area contributed by atoms with Crippen LogP contribution in [-0.2, 0) is 4.79 Å². The molecule has 126 valence electrons. The Bertz CT molecular complexity index is 774. The highest BCUT2D eigenvalue weighted by atomic mass is 16.6. The Hall–Kier alpha value is -3.09. The maximum absolute atomic E-state index is 12.1. The molecule has 0 saturated carbocycles. The number of non-ortho nitro benzene ring substituents is 1. The van der Waals surface area contributed by atoms with Crippen LogP contribution in [0.25, 0.3) is 0 Å². The van der Waals surface area contributed by atoms with E-state index in [2.05, 4.69) is 10.6 Å². The Morgan fingerprint density at radius 1 is 1.21 bits per heavy atom. The number of ether oxygens (including phenoxy) is 1. The van der Waals surface area contributed by atoms with Gasteiger partial charge in [0.1, 0.15) is 5.75 Å². The molecule has 2 N–H and O–H groups in total. The van der Waals surface area contributed by atoms with Crippen molar-refractivity contribution in [1.82, 2.24) is 0 Å². The van der Waals surface area contributed by atoms with Gasteiger partial charge in [-0.15, -0.1) is 0 Å². The van der Waals surface area contributed by atoms with Crippen molar-refractivity contribution in [3.63, 3.8) is 0 Å². The average Bonchev–Trinajstić information content (AvgIpc) is 2.56. The molecule has 0 unspecified atom stereocenters. The highest BCUT2D eigenvalue weighted by molar-refractivity contribution is 5.95. The van der Waals surface area contributed by atoms with E-state index >= 15 is 0 Å². The lowest BCUT2D eigenvalue weighted by Crippen LogP contribution is -2.22. The second-order valence-electron chi connectivity index (χ2n) is 5.29. The number of hydrogen-bond acceptors (Lipinski definition) is 5. The summed E-state index contributed by atoms with van der Waals surface area (Å²) in [5.41, 5.74) is 3.39. The van der Waals surface area contributed by atoms with Crippen molar-refractivity contribution in [2.24, 2.45) is 0 Å². The van der Waals surface area contributed by atoms with E-state index in [4.69, 9.17) is 4.74 Å². The largest absolute Gasteiger partial charge is 0.494 e. The second kappa shape index (κ2) is 7.45. The normalized spacial score (nSPS) is 10.1. The molecular formula is C17H19N3O4. The van der Waals surface area contributed by atoms with Gasteiger partial charge in [-0.1, -0.05) is 12.1 Å². The van der Waals surface area contributed by atoms with E-state index in [0.29, 0.717) is 5.69 Å². The molecule has 0 saturated heterocycles. The van der Waals surface area contributed by atoms with Gasteiger partial charge in [-0.05, 0) is 37.1 Å². The fourth-order valence-electron chi connectivity index (χ4n) is 2.21. The molecule has 24 heavy (non-hydrogen) atoms. The standard InChI is InChI=1S/C17H19N3O4/c1-11-5-4-6-14(12(11)2)18-10-17(21)19-15-8-7-13(20(22)23)9-16(15)24-3/h4-9,18H,10H2,1-3H3,(H,19,21). The van der Waals surface area contributed by atoms with Gasteiger partial charge in [0.2, 0.25) is 5.91 Å². The molecule has 0 bridgehead atoms. The quantitative estimate of drug-likeness (QED) is 0.626. The number of hydrogen-bond donors (Lipinski definition) is 2. The van der Waals surface area contributed by atoms with E-state index in [-0.39, 0.29) is 23.9 Å². The Kier molecular flexibility index (Phi) is 5.36. The zero-order valence-corrected chi connectivity index (χ0v) is 13.8. The molecule has 0 aliphatic carbocycles. The molecule has 0 atom stereocenters. The number of aryl methyl sites for hydroxylation is 1. The molecule has 2 rings (SSSR count). The van der Waals surface area contributed by atoms with Gasteiger partial charge in [0.25, 0.3) is 5.69 Å². The van der Waals surface area contributed by atoms with Crippen molar-refractivity contribution < 1.29 is 14.5 Å². The number of nitrogens with one attached hydrogen (secondary N) is 2. The van der Waals surface area contributed by atoms with Crippen molar-refractivity contribution in [2.45, 2.75) is 13.8 Å². The fourth-order valence-corrected chi connectivity index (χ4v) is 2.21. The fraction of sp³-hybridized carbons (Fsp3) is 0.235. The van der Waals surface area contributed by atoms with E-state index in [0.717, 1.165) is 16.8 Å². The lowest BCUT2D eigenvalue weighted by molar-refractivity contribution is -0.384. The van der Waals surface area contributed by atoms with Crippen LogP contribution in [0.1, 0.15) is 11.1 Å². The van der Waals surface area contributed by atoms with E-state index < -0.39 is 4.92 Å². The van der Waals surface area contributed by atoms with Crippen molar-refractivity contribution in [3.8, 4) is 5.75 Å². The molecule has 2 aromatic rings. The summed E-state index contributed by atoms with van der Waals surface area (Å²) in [5, 5.41) is 16.5. The summed E-state index contributed by atoms with van der Waals surface area (Å²) >= 11 is 0. The van der Waals surface area contributed by atoms with Crippen LogP contribution in [0.4, 0.5) is 17.1 Å². The summed E-state index contributed by atoms with van der Waals surface area (Å²) in [6, 6.07) is 9.86. The minimum atomic E-state index is -0.518. The van der Waals surface area contributed by atoms with Crippen LogP contribution >= 0.6 is 0 Å². The van der Waals surface area contributed by atoms with Gasteiger partial charge < -0.3 is 15.4 Å². The lowest BCUT2D eigenvalue weighted by atomic mass is 10.1. The monoisotopic (exact) mass is 329 g/mol. The van der Waals surface area contributed by atoms with Crippen LogP contribution in [0.3, 0.4) is 0 Å². The predicted octanol–water partition coefficient (Wildman–Crippen LogP) is 3.27. The van der Waals surface area contributed by atoms with Gasteiger partial charge in [0.05, 0.1) is 30.3 Å². The van der Waals surface area contributed by atoms with Gasteiger partial charge in [-0.2, -0.15) is 0 Å². The molecular weight excluding hydrogens is 310 g/mol. The first-order valence-corrected chi connectivity index (χ1v) is 7.34. The first-order chi connectivity index (χ1) is 11.4. The molecule has 0 radical (unpaired) electrons. The molecule has 0 fully saturated rings. The number of anilines is 2. The zero-order chi connectivity index (χ0) is 17.7. The number of nitro groups is 1. The van der Waals surface area contributed by atoms with Gasteiger partial charge in [-0.3, -0.25) is 14.9 Å². The number of nitrogens with zero attached hydrogens (tertiary/aromatic N) is 1. The van der Waals surface area contributed by atoms with Crippen LogP contribution in [0.2, 0.25) is 0 Å². The number of carbonyl (C=O) groups excluding carboxylic acids is 1. The van der Waals surface area contributed by atoms with E-state index in [1.54, 1.807) is 0 Å². The molecule has 0 aliphatic heterocycles. The third-order valence-corrected chi connectivity index (χ3v) is 3.71. The minimum absolute atomic E-state index is 0.0738. The highest BCUT2D eigenvalue weighted by Crippen LogP contribution is 2.29. The SMILES string of the molecule is COc1cc([N+](=O)[O-])ccc1NC(=O)CNc1cccc(C)c1C. The number of benzene rings is 2. The Labute approximate surface area is 139 Å². The average molecular weight is 329 g/mol. The predicted molar refractivity (Wildman–Crippen MR) is 92.7 cm³/mol. The first kappa shape index (κ1) is 17.3. The molecule has 7 heteroatoms. The number of carbonyl (C=O) groups is 1. The van der Waals surface area contributed by atoms with Crippen molar-refractivity contribution >= 4 is 23.0 Å². The summed E-state index contributed by atoms with van der Waals surface area (Å²) in [4.78, 5) is 22.4. The maximum Gasteiger partial charge on any atom is 0.273 e. The smallest absolute Gasteiger partial charge is 0.273 e. The van der Waals surface area contributed by atoms with Gasteiger partial charge in [-0.25, -0.2) is 0 Å². The van der Waals surface area contributed by atoms with E-state index in [1.807, 2.05) is 32.0 Å². The summed E-state index contributed by atoms with van der Waals surface area (Å²) in [6.45, 7) is 4.06. The number of rotatable bonds is 6. The Morgan fingerprint density at radius 3 is 2.62 bits per heavy atom. The number of nitro benzene ring substituents is 1. The Morgan fingerprint density at radius 2 is 1.96 bits per heavy atom. The third kappa shape index (κ3) is 4.01. The molecule has 0 spiro atoms. The summed E-state index contributed by atoms with van der Waals surface area (Å²) in [5.74, 6) is -0.0349.